The van der Waals surface area contributed by atoms with E-state index in [-0.39, 0.29) is 5.91 Å². The van der Waals surface area contributed by atoms with Crippen LogP contribution < -0.4 is 11.1 Å². The fraction of sp³-hybridized carbons (Fsp3) is 0.583. The minimum Gasteiger partial charge on any atom is -0.397 e. The zero-order chi connectivity index (χ0) is 11.6. The SMILES string of the molecule is CCCC1(CNC(=O)c2cc(N)c[nH]2)CC1. The summed E-state index contributed by atoms with van der Waals surface area (Å²) in [6, 6.07) is 1.66. The lowest BCUT2D eigenvalue weighted by molar-refractivity contribution is 0.0939. The van der Waals surface area contributed by atoms with Gasteiger partial charge in [-0.2, -0.15) is 0 Å². The Labute approximate surface area is 95.6 Å². The van der Waals surface area contributed by atoms with Crippen molar-refractivity contribution < 1.29 is 4.79 Å². The summed E-state index contributed by atoms with van der Waals surface area (Å²) in [6.07, 6.45) is 6.52. The second-order valence-electron chi connectivity index (χ2n) is 4.78. The third kappa shape index (κ3) is 2.38. The molecular weight excluding hydrogens is 202 g/mol. The van der Waals surface area contributed by atoms with E-state index in [1.807, 2.05) is 0 Å². The smallest absolute Gasteiger partial charge is 0.267 e. The largest absolute Gasteiger partial charge is 0.397 e. The van der Waals surface area contributed by atoms with Crippen molar-refractivity contribution in [3.63, 3.8) is 0 Å². The van der Waals surface area contributed by atoms with E-state index in [1.165, 1.54) is 25.7 Å². The monoisotopic (exact) mass is 221 g/mol. The lowest BCUT2D eigenvalue weighted by atomic mass is 10.0. The number of amides is 1. The zero-order valence-corrected chi connectivity index (χ0v) is 9.68. The van der Waals surface area contributed by atoms with Crippen molar-refractivity contribution in [3.8, 4) is 0 Å². The van der Waals surface area contributed by atoms with Gasteiger partial charge in [0.25, 0.3) is 5.91 Å². The average molecular weight is 221 g/mol. The van der Waals surface area contributed by atoms with Crippen molar-refractivity contribution in [1.82, 2.24) is 10.3 Å². The lowest BCUT2D eigenvalue weighted by Gasteiger charge is -2.14. The number of rotatable bonds is 5. The molecule has 16 heavy (non-hydrogen) atoms. The summed E-state index contributed by atoms with van der Waals surface area (Å²) < 4.78 is 0. The molecule has 2 rings (SSSR count). The summed E-state index contributed by atoms with van der Waals surface area (Å²) in [6.45, 7) is 2.98. The van der Waals surface area contributed by atoms with Crippen LogP contribution >= 0.6 is 0 Å². The zero-order valence-electron chi connectivity index (χ0n) is 9.68. The molecule has 1 aromatic heterocycles. The highest BCUT2D eigenvalue weighted by molar-refractivity contribution is 5.93. The molecule has 0 unspecified atom stereocenters. The molecule has 1 amide bonds. The van der Waals surface area contributed by atoms with Crippen LogP contribution in [0, 0.1) is 5.41 Å². The first-order valence-electron chi connectivity index (χ1n) is 5.87. The maximum atomic E-state index is 11.7. The van der Waals surface area contributed by atoms with E-state index in [4.69, 9.17) is 5.73 Å². The second kappa shape index (κ2) is 4.20. The Balaban J connectivity index is 1.84. The van der Waals surface area contributed by atoms with Gasteiger partial charge in [0.1, 0.15) is 5.69 Å². The van der Waals surface area contributed by atoms with Crippen molar-refractivity contribution >= 4 is 11.6 Å². The number of carbonyl (C=O) groups excluding carboxylic acids is 1. The Morgan fingerprint density at radius 3 is 2.88 bits per heavy atom. The number of aromatic amines is 1. The molecule has 4 N–H and O–H groups in total. The number of nitrogens with one attached hydrogen (secondary N) is 2. The number of nitrogen functional groups attached to an aromatic ring is 1. The Morgan fingerprint density at radius 1 is 1.62 bits per heavy atom. The minimum atomic E-state index is -0.0564. The molecule has 1 aliphatic rings. The molecule has 4 heteroatoms. The van der Waals surface area contributed by atoms with E-state index in [0.717, 1.165) is 6.54 Å². The molecule has 1 aromatic rings. The second-order valence-corrected chi connectivity index (χ2v) is 4.78. The summed E-state index contributed by atoms with van der Waals surface area (Å²) in [5.74, 6) is -0.0564. The van der Waals surface area contributed by atoms with Gasteiger partial charge in [-0.05, 0) is 30.7 Å². The van der Waals surface area contributed by atoms with E-state index in [1.54, 1.807) is 12.3 Å². The van der Waals surface area contributed by atoms with E-state index in [9.17, 15) is 4.79 Å². The number of H-pyrrole nitrogens is 1. The molecule has 88 valence electrons. The molecule has 0 radical (unpaired) electrons. The average Bonchev–Trinajstić information content (AvgIpc) is 2.89. The number of hydrogen-bond donors (Lipinski definition) is 3. The van der Waals surface area contributed by atoms with E-state index in [0.29, 0.717) is 16.8 Å². The van der Waals surface area contributed by atoms with Crippen LogP contribution in [0.3, 0.4) is 0 Å². The molecule has 1 fully saturated rings. The first-order valence-corrected chi connectivity index (χ1v) is 5.87. The molecule has 1 heterocycles. The van der Waals surface area contributed by atoms with Crippen molar-refractivity contribution in [1.29, 1.82) is 0 Å². The van der Waals surface area contributed by atoms with Gasteiger partial charge in [-0.3, -0.25) is 4.79 Å². The number of carbonyl (C=O) groups is 1. The molecule has 4 nitrogen and oxygen atoms in total. The van der Waals surface area contributed by atoms with Gasteiger partial charge >= 0.3 is 0 Å². The molecular formula is C12H19N3O. The molecule has 1 saturated carbocycles. The van der Waals surface area contributed by atoms with Gasteiger partial charge in [0, 0.05) is 18.4 Å². The first-order chi connectivity index (χ1) is 7.65. The number of anilines is 1. The normalized spacial score (nSPS) is 17.1. The molecule has 0 saturated heterocycles. The van der Waals surface area contributed by atoms with Gasteiger partial charge < -0.3 is 16.0 Å². The number of aromatic nitrogens is 1. The Hall–Kier alpha value is -1.45. The van der Waals surface area contributed by atoms with Crippen molar-refractivity contribution in [2.45, 2.75) is 32.6 Å². The van der Waals surface area contributed by atoms with E-state index >= 15 is 0 Å². The Bertz CT molecular complexity index is 379. The van der Waals surface area contributed by atoms with Crippen LogP contribution in [0.2, 0.25) is 0 Å². The standard InChI is InChI=1S/C12H19N3O/c1-2-3-12(4-5-12)8-15-11(16)10-6-9(13)7-14-10/h6-7,14H,2-5,8,13H2,1H3,(H,15,16). The number of nitrogens with two attached hydrogens (primary N) is 1. The van der Waals surface area contributed by atoms with Gasteiger partial charge in [0.05, 0.1) is 0 Å². The summed E-state index contributed by atoms with van der Waals surface area (Å²) in [4.78, 5) is 14.6. The van der Waals surface area contributed by atoms with Gasteiger partial charge in [-0.1, -0.05) is 13.3 Å². The van der Waals surface area contributed by atoms with Crippen LogP contribution in [-0.2, 0) is 0 Å². The van der Waals surface area contributed by atoms with Crippen LogP contribution in [0.5, 0.6) is 0 Å². The topological polar surface area (TPSA) is 70.9 Å². The maximum absolute atomic E-state index is 11.7. The van der Waals surface area contributed by atoms with E-state index in [2.05, 4.69) is 17.2 Å². The third-order valence-corrected chi connectivity index (χ3v) is 3.31. The molecule has 1 aliphatic carbocycles. The summed E-state index contributed by atoms with van der Waals surface area (Å²) in [5.41, 5.74) is 7.08. The highest BCUT2D eigenvalue weighted by atomic mass is 16.1. The van der Waals surface area contributed by atoms with Gasteiger partial charge in [-0.15, -0.1) is 0 Å². The molecule has 0 bridgehead atoms. The highest BCUT2D eigenvalue weighted by Crippen LogP contribution is 2.48. The highest BCUT2D eigenvalue weighted by Gasteiger charge is 2.41. The fourth-order valence-electron chi connectivity index (χ4n) is 2.13. The van der Waals surface area contributed by atoms with Gasteiger partial charge in [0.15, 0.2) is 0 Å². The minimum absolute atomic E-state index is 0.0564. The van der Waals surface area contributed by atoms with Crippen molar-refractivity contribution in [2.75, 3.05) is 12.3 Å². The molecule has 0 atom stereocenters. The van der Waals surface area contributed by atoms with Crippen LogP contribution in [0.15, 0.2) is 12.3 Å². The third-order valence-electron chi connectivity index (χ3n) is 3.31. The van der Waals surface area contributed by atoms with Gasteiger partial charge in [-0.25, -0.2) is 0 Å². The fourth-order valence-corrected chi connectivity index (χ4v) is 2.13. The predicted molar refractivity (Wildman–Crippen MR) is 64.1 cm³/mol. The predicted octanol–water partition coefficient (Wildman–Crippen LogP) is 1.91. The quantitative estimate of drug-likeness (QED) is 0.710. The Morgan fingerprint density at radius 2 is 2.38 bits per heavy atom. The molecule has 0 spiro atoms. The van der Waals surface area contributed by atoms with Gasteiger partial charge in [0.2, 0.25) is 0 Å². The first kappa shape index (κ1) is 11.0. The maximum Gasteiger partial charge on any atom is 0.267 e. The molecule has 0 aliphatic heterocycles. The van der Waals surface area contributed by atoms with Crippen LogP contribution in [0.4, 0.5) is 5.69 Å². The summed E-state index contributed by atoms with van der Waals surface area (Å²) in [5, 5.41) is 2.97. The number of hydrogen-bond acceptors (Lipinski definition) is 2. The summed E-state index contributed by atoms with van der Waals surface area (Å²) >= 11 is 0. The van der Waals surface area contributed by atoms with Crippen molar-refractivity contribution in [2.24, 2.45) is 5.41 Å². The molecule has 0 aromatic carbocycles. The summed E-state index contributed by atoms with van der Waals surface area (Å²) in [7, 11) is 0. The van der Waals surface area contributed by atoms with Crippen molar-refractivity contribution in [3.05, 3.63) is 18.0 Å². The van der Waals surface area contributed by atoms with Crippen LogP contribution in [0.1, 0.15) is 43.1 Å². The lowest BCUT2D eigenvalue weighted by Crippen LogP contribution is -2.30. The Kier molecular flexibility index (Phi) is 2.90. The van der Waals surface area contributed by atoms with Crippen LogP contribution in [0.25, 0.3) is 0 Å². The van der Waals surface area contributed by atoms with E-state index < -0.39 is 0 Å². The van der Waals surface area contributed by atoms with Crippen LogP contribution in [-0.4, -0.2) is 17.4 Å².